The standard InChI is InChI=1S/C24H24N4O2/c25-24(29)20-10-6-12-27(20)15-19-16-28(14-17-7-2-1-3-8-17)26-23(19)22-13-18-9-4-5-11-21(18)30-22/h1-5,7-9,11,13,16,20H,6,10,12,14-15H2,(H2,25,29). The van der Waals surface area contributed by atoms with Crippen molar-refractivity contribution in [1.82, 2.24) is 14.7 Å². The SMILES string of the molecule is NC(=O)C1CCCN1Cc1cn(Cc2ccccc2)nc1-c1cc2ccccc2o1. The molecule has 0 radical (unpaired) electrons. The lowest BCUT2D eigenvalue weighted by Crippen LogP contribution is -2.39. The number of nitrogens with two attached hydrogens (primary N) is 1. The van der Waals surface area contributed by atoms with E-state index in [-0.39, 0.29) is 11.9 Å². The average Bonchev–Trinajstić information content (AvgIpc) is 3.47. The fraction of sp³-hybridized carbons (Fsp3) is 0.250. The first-order valence-corrected chi connectivity index (χ1v) is 10.3. The van der Waals surface area contributed by atoms with Crippen LogP contribution in [-0.2, 0) is 17.9 Å². The first-order valence-electron chi connectivity index (χ1n) is 10.3. The molecule has 1 aliphatic rings. The summed E-state index contributed by atoms with van der Waals surface area (Å²) in [6.45, 7) is 2.15. The molecule has 1 saturated heterocycles. The van der Waals surface area contributed by atoms with E-state index >= 15 is 0 Å². The smallest absolute Gasteiger partial charge is 0.234 e. The maximum absolute atomic E-state index is 11.9. The van der Waals surface area contributed by atoms with Crippen molar-refractivity contribution >= 4 is 16.9 Å². The minimum absolute atomic E-state index is 0.217. The largest absolute Gasteiger partial charge is 0.454 e. The predicted octanol–water partition coefficient (Wildman–Crippen LogP) is 3.79. The lowest BCUT2D eigenvalue weighted by Gasteiger charge is -2.21. The number of carbonyl (C=O) groups excluding carboxylic acids is 1. The van der Waals surface area contributed by atoms with Crippen molar-refractivity contribution in [3.8, 4) is 11.5 Å². The molecule has 6 heteroatoms. The zero-order valence-corrected chi connectivity index (χ0v) is 16.7. The second kappa shape index (κ2) is 7.80. The number of hydrogen-bond donors (Lipinski definition) is 1. The number of benzene rings is 2. The molecule has 6 nitrogen and oxygen atoms in total. The van der Waals surface area contributed by atoms with Crippen LogP contribution in [0.5, 0.6) is 0 Å². The molecule has 4 aromatic rings. The molecule has 0 bridgehead atoms. The van der Waals surface area contributed by atoms with Gasteiger partial charge < -0.3 is 10.2 Å². The third-order valence-corrected chi connectivity index (χ3v) is 5.75. The van der Waals surface area contributed by atoms with Gasteiger partial charge in [-0.15, -0.1) is 0 Å². The lowest BCUT2D eigenvalue weighted by molar-refractivity contribution is -0.122. The van der Waals surface area contributed by atoms with E-state index in [1.807, 2.05) is 53.2 Å². The zero-order chi connectivity index (χ0) is 20.5. The summed E-state index contributed by atoms with van der Waals surface area (Å²) in [7, 11) is 0. The lowest BCUT2D eigenvalue weighted by atomic mass is 10.1. The molecular weight excluding hydrogens is 376 g/mol. The number of carbonyl (C=O) groups is 1. The van der Waals surface area contributed by atoms with Gasteiger partial charge >= 0.3 is 0 Å². The Morgan fingerprint density at radius 3 is 2.70 bits per heavy atom. The van der Waals surface area contributed by atoms with Crippen molar-refractivity contribution in [1.29, 1.82) is 0 Å². The van der Waals surface area contributed by atoms with Crippen LogP contribution in [0.1, 0.15) is 24.0 Å². The summed E-state index contributed by atoms with van der Waals surface area (Å²) in [6.07, 6.45) is 3.85. The van der Waals surface area contributed by atoms with E-state index in [2.05, 4.69) is 23.2 Å². The number of nitrogens with zero attached hydrogens (tertiary/aromatic N) is 3. The summed E-state index contributed by atoms with van der Waals surface area (Å²) in [5, 5.41) is 5.91. The van der Waals surface area contributed by atoms with Crippen molar-refractivity contribution in [3.05, 3.63) is 78.0 Å². The molecule has 1 aliphatic heterocycles. The van der Waals surface area contributed by atoms with E-state index in [0.29, 0.717) is 13.1 Å². The van der Waals surface area contributed by atoms with Gasteiger partial charge in [-0.05, 0) is 37.1 Å². The quantitative estimate of drug-likeness (QED) is 0.534. The maximum Gasteiger partial charge on any atom is 0.234 e. The summed E-state index contributed by atoms with van der Waals surface area (Å²) >= 11 is 0. The van der Waals surface area contributed by atoms with E-state index in [4.69, 9.17) is 15.2 Å². The number of amides is 1. The molecule has 1 fully saturated rings. The Morgan fingerprint density at radius 1 is 1.10 bits per heavy atom. The van der Waals surface area contributed by atoms with Crippen LogP contribution in [0.2, 0.25) is 0 Å². The number of rotatable bonds is 6. The van der Waals surface area contributed by atoms with Crippen molar-refractivity contribution in [2.45, 2.75) is 32.0 Å². The fourth-order valence-electron chi connectivity index (χ4n) is 4.29. The molecule has 30 heavy (non-hydrogen) atoms. The molecule has 1 amide bonds. The first kappa shape index (κ1) is 18.6. The van der Waals surface area contributed by atoms with Crippen molar-refractivity contribution in [2.75, 3.05) is 6.54 Å². The Morgan fingerprint density at radius 2 is 1.90 bits per heavy atom. The molecule has 1 atom stereocenters. The van der Waals surface area contributed by atoms with Crippen molar-refractivity contribution < 1.29 is 9.21 Å². The molecule has 3 heterocycles. The van der Waals surface area contributed by atoms with Crippen LogP contribution in [-0.4, -0.2) is 33.2 Å². The molecule has 5 rings (SSSR count). The molecule has 2 aromatic heterocycles. The van der Waals surface area contributed by atoms with Gasteiger partial charge in [-0.2, -0.15) is 5.10 Å². The molecule has 0 aliphatic carbocycles. The number of fused-ring (bicyclic) bond motifs is 1. The molecule has 2 aromatic carbocycles. The van der Waals surface area contributed by atoms with Crippen molar-refractivity contribution in [2.24, 2.45) is 5.73 Å². The molecule has 1 unspecified atom stereocenters. The molecule has 0 saturated carbocycles. The summed E-state index contributed by atoms with van der Waals surface area (Å²) in [5.41, 5.74) is 9.51. The normalized spacial score (nSPS) is 17.0. The van der Waals surface area contributed by atoms with Crippen LogP contribution < -0.4 is 5.73 Å². The molecular formula is C24H24N4O2. The second-order valence-electron chi connectivity index (χ2n) is 7.87. The number of primary amides is 1. The van der Waals surface area contributed by atoms with Crippen LogP contribution in [0.15, 0.2) is 71.3 Å². The molecule has 2 N–H and O–H groups in total. The van der Waals surface area contributed by atoms with Crippen molar-refractivity contribution in [3.63, 3.8) is 0 Å². The average molecular weight is 400 g/mol. The van der Waals surface area contributed by atoms with Gasteiger partial charge in [-0.3, -0.25) is 14.4 Å². The Hall–Kier alpha value is -3.38. The number of likely N-dealkylation sites (tertiary alicyclic amines) is 1. The van der Waals surface area contributed by atoms with Gasteiger partial charge in [0.05, 0.1) is 12.6 Å². The highest BCUT2D eigenvalue weighted by Gasteiger charge is 2.30. The van der Waals surface area contributed by atoms with Gasteiger partial charge in [-0.25, -0.2) is 0 Å². The van der Waals surface area contributed by atoms with Gasteiger partial charge in [0.15, 0.2) is 5.76 Å². The predicted molar refractivity (Wildman–Crippen MR) is 116 cm³/mol. The van der Waals surface area contributed by atoms with E-state index in [9.17, 15) is 4.79 Å². The molecule has 152 valence electrons. The van der Waals surface area contributed by atoms with E-state index in [0.717, 1.165) is 47.4 Å². The summed E-state index contributed by atoms with van der Waals surface area (Å²) < 4.78 is 8.06. The highest BCUT2D eigenvalue weighted by atomic mass is 16.3. The van der Waals surface area contributed by atoms with E-state index in [1.165, 1.54) is 5.56 Å². The van der Waals surface area contributed by atoms with Gasteiger partial charge in [0.1, 0.15) is 11.3 Å². The number of hydrogen-bond acceptors (Lipinski definition) is 4. The Labute approximate surface area is 174 Å². The van der Waals surface area contributed by atoms with Crippen LogP contribution in [0.4, 0.5) is 0 Å². The Bertz CT molecular complexity index is 1150. The van der Waals surface area contributed by atoms with Crippen LogP contribution in [0.3, 0.4) is 0 Å². The van der Waals surface area contributed by atoms with Crippen LogP contribution in [0, 0.1) is 0 Å². The summed E-state index contributed by atoms with van der Waals surface area (Å²) in [5.74, 6) is 0.488. The van der Waals surface area contributed by atoms with Gasteiger partial charge in [0.2, 0.25) is 5.91 Å². The third kappa shape index (κ3) is 3.62. The topological polar surface area (TPSA) is 77.3 Å². The Kier molecular flexibility index (Phi) is 4.85. The summed E-state index contributed by atoms with van der Waals surface area (Å²) in [6, 6.07) is 20.0. The minimum Gasteiger partial charge on any atom is -0.454 e. The van der Waals surface area contributed by atoms with Gasteiger partial charge in [0.25, 0.3) is 0 Å². The highest BCUT2D eigenvalue weighted by molar-refractivity contribution is 5.82. The third-order valence-electron chi connectivity index (χ3n) is 5.75. The Balaban J connectivity index is 1.52. The van der Waals surface area contributed by atoms with Gasteiger partial charge in [0, 0.05) is 23.7 Å². The van der Waals surface area contributed by atoms with Crippen LogP contribution in [0.25, 0.3) is 22.4 Å². The van der Waals surface area contributed by atoms with Crippen LogP contribution >= 0.6 is 0 Å². The zero-order valence-electron chi connectivity index (χ0n) is 16.7. The minimum atomic E-state index is -0.255. The van der Waals surface area contributed by atoms with Gasteiger partial charge in [-0.1, -0.05) is 48.5 Å². The van der Waals surface area contributed by atoms with E-state index < -0.39 is 0 Å². The maximum atomic E-state index is 11.9. The van der Waals surface area contributed by atoms with E-state index in [1.54, 1.807) is 0 Å². The monoisotopic (exact) mass is 400 g/mol. The number of aromatic nitrogens is 2. The number of para-hydroxylation sites is 1. The fourth-order valence-corrected chi connectivity index (χ4v) is 4.29. The first-order chi connectivity index (χ1) is 14.7. The molecule has 0 spiro atoms. The number of furan rings is 1. The summed E-state index contributed by atoms with van der Waals surface area (Å²) in [4.78, 5) is 14.0. The second-order valence-corrected chi connectivity index (χ2v) is 7.87. The highest BCUT2D eigenvalue weighted by Crippen LogP contribution is 2.31.